The summed E-state index contributed by atoms with van der Waals surface area (Å²) in [6.07, 6.45) is 9.88. The minimum Gasteiger partial charge on any atom is -0.332 e. The number of carbonyl (C=O) groups excluding carboxylic acids is 2. The van der Waals surface area contributed by atoms with Crippen LogP contribution in [-0.4, -0.2) is 37.1 Å². The number of rotatable bonds is 3. The third kappa shape index (κ3) is 3.46. The predicted molar refractivity (Wildman–Crippen MR) is 91.5 cm³/mol. The van der Waals surface area contributed by atoms with E-state index in [0.717, 1.165) is 50.1 Å². The molecule has 5 aliphatic rings. The minimum atomic E-state index is -0.258. The highest BCUT2D eigenvalue weighted by Crippen LogP contribution is 2.55. The Morgan fingerprint density at radius 3 is 2.29 bits per heavy atom. The average molecular weight is 334 g/mol. The number of imide groups is 1. The van der Waals surface area contributed by atoms with Gasteiger partial charge in [-0.3, -0.25) is 10.1 Å². The molecule has 4 aliphatic carbocycles. The lowest BCUT2D eigenvalue weighted by atomic mass is 9.53. The van der Waals surface area contributed by atoms with Crippen molar-refractivity contribution in [2.75, 3.05) is 19.6 Å². The summed E-state index contributed by atoms with van der Waals surface area (Å²) in [6, 6.07) is -0.258. The summed E-state index contributed by atoms with van der Waals surface area (Å²) < 4.78 is 0. The summed E-state index contributed by atoms with van der Waals surface area (Å²) in [7, 11) is 0. The molecule has 0 aromatic heterocycles. The largest absolute Gasteiger partial charge is 0.332 e. The summed E-state index contributed by atoms with van der Waals surface area (Å²) in [4.78, 5) is 25.9. The van der Waals surface area contributed by atoms with Crippen molar-refractivity contribution in [1.82, 2.24) is 10.6 Å². The van der Waals surface area contributed by atoms with E-state index in [9.17, 15) is 9.59 Å². The molecule has 1 unspecified atom stereocenters. The lowest BCUT2D eigenvalue weighted by Crippen LogP contribution is -3.14. The van der Waals surface area contributed by atoms with Crippen LogP contribution in [0.5, 0.6) is 0 Å². The molecule has 1 saturated heterocycles. The first-order valence-electron chi connectivity index (χ1n) is 9.95. The molecule has 0 radical (unpaired) electrons. The second-order valence-corrected chi connectivity index (χ2v) is 9.33. The van der Waals surface area contributed by atoms with E-state index in [2.05, 4.69) is 17.6 Å². The van der Waals surface area contributed by atoms with Crippen LogP contribution in [0.4, 0.5) is 4.79 Å². The number of quaternary nitrogens is 1. The standard InChI is InChI=1S/C19H31N3O2/c1-13-3-2-4-22(11-13)12-17(23)20-18(24)21-19-8-14-5-15(9-19)7-16(6-14)10-19/h13-16H,2-12H2,1H3,(H2,20,21,23,24)/p+1/t13-,14?,15?,16?,19?/m1/s1. The molecule has 1 aliphatic heterocycles. The summed E-state index contributed by atoms with van der Waals surface area (Å²) >= 11 is 0. The molecule has 1 heterocycles. The van der Waals surface area contributed by atoms with Crippen LogP contribution in [0.25, 0.3) is 0 Å². The lowest BCUT2D eigenvalue weighted by molar-refractivity contribution is -0.900. The van der Waals surface area contributed by atoms with Crippen molar-refractivity contribution in [3.63, 3.8) is 0 Å². The maximum Gasteiger partial charge on any atom is 0.322 e. The first-order chi connectivity index (χ1) is 11.5. The highest BCUT2D eigenvalue weighted by molar-refractivity contribution is 5.95. The SMILES string of the molecule is C[C@@H]1CCC[NH+](CC(=O)NC(=O)NC23CC4CC(CC(C4)C2)C3)C1. The molecular formula is C19H32N3O2+. The van der Waals surface area contributed by atoms with Crippen LogP contribution in [0.1, 0.15) is 58.3 Å². The van der Waals surface area contributed by atoms with Crippen molar-refractivity contribution in [2.45, 2.75) is 63.8 Å². The van der Waals surface area contributed by atoms with Crippen molar-refractivity contribution in [1.29, 1.82) is 0 Å². The zero-order valence-corrected chi connectivity index (χ0v) is 14.9. The molecule has 0 aromatic rings. The van der Waals surface area contributed by atoms with Crippen LogP contribution in [0.3, 0.4) is 0 Å². The minimum absolute atomic E-state index is 0.0222. The van der Waals surface area contributed by atoms with Crippen LogP contribution in [0, 0.1) is 23.7 Å². The van der Waals surface area contributed by atoms with Crippen molar-refractivity contribution >= 4 is 11.9 Å². The van der Waals surface area contributed by atoms with Gasteiger partial charge in [-0.15, -0.1) is 0 Å². The molecule has 5 fully saturated rings. The highest BCUT2D eigenvalue weighted by Gasteiger charge is 2.51. The van der Waals surface area contributed by atoms with Gasteiger partial charge in [0.1, 0.15) is 0 Å². The van der Waals surface area contributed by atoms with Crippen LogP contribution in [0.15, 0.2) is 0 Å². The Hall–Kier alpha value is -1.10. The molecule has 3 amide bonds. The molecule has 4 saturated carbocycles. The molecule has 4 bridgehead atoms. The monoisotopic (exact) mass is 334 g/mol. The Balaban J connectivity index is 1.28. The molecule has 3 N–H and O–H groups in total. The van der Waals surface area contributed by atoms with Crippen LogP contribution in [-0.2, 0) is 4.79 Å². The Morgan fingerprint density at radius 1 is 1.08 bits per heavy atom. The Morgan fingerprint density at radius 2 is 1.71 bits per heavy atom. The van der Waals surface area contributed by atoms with Gasteiger partial charge in [-0.2, -0.15) is 0 Å². The van der Waals surface area contributed by atoms with Gasteiger partial charge in [-0.1, -0.05) is 6.92 Å². The van der Waals surface area contributed by atoms with Crippen molar-refractivity contribution in [2.24, 2.45) is 23.7 Å². The van der Waals surface area contributed by atoms with Gasteiger partial charge in [0.15, 0.2) is 6.54 Å². The Bertz CT molecular complexity index is 483. The predicted octanol–water partition coefficient (Wildman–Crippen LogP) is 1.10. The molecular weight excluding hydrogens is 302 g/mol. The number of hydrogen-bond donors (Lipinski definition) is 3. The first-order valence-corrected chi connectivity index (χ1v) is 9.95. The third-order valence-electron chi connectivity index (χ3n) is 6.94. The smallest absolute Gasteiger partial charge is 0.322 e. The van der Waals surface area contributed by atoms with Gasteiger partial charge in [-0.05, 0) is 69.1 Å². The lowest BCUT2D eigenvalue weighted by Gasteiger charge is -2.56. The molecule has 5 heteroatoms. The fourth-order valence-corrected chi connectivity index (χ4v) is 6.49. The fraction of sp³-hybridized carbons (Fsp3) is 0.895. The number of likely N-dealkylation sites (tertiary alicyclic amines) is 1. The number of piperidine rings is 1. The second kappa shape index (κ2) is 6.32. The number of urea groups is 1. The quantitative estimate of drug-likeness (QED) is 0.724. The summed E-state index contributed by atoms with van der Waals surface area (Å²) in [6.45, 7) is 4.77. The summed E-state index contributed by atoms with van der Waals surface area (Å²) in [5, 5.41) is 5.83. The zero-order valence-electron chi connectivity index (χ0n) is 14.9. The maximum absolute atomic E-state index is 12.4. The summed E-state index contributed by atoms with van der Waals surface area (Å²) in [5.74, 6) is 2.95. The van der Waals surface area contributed by atoms with E-state index in [0.29, 0.717) is 12.5 Å². The third-order valence-corrected chi connectivity index (χ3v) is 6.94. The first kappa shape index (κ1) is 16.4. The van der Waals surface area contributed by atoms with Gasteiger partial charge < -0.3 is 10.2 Å². The fourth-order valence-electron chi connectivity index (χ4n) is 6.49. The van der Waals surface area contributed by atoms with E-state index < -0.39 is 0 Å². The number of amides is 3. The molecule has 5 nitrogen and oxygen atoms in total. The van der Waals surface area contributed by atoms with Gasteiger partial charge in [0.05, 0.1) is 13.1 Å². The van der Waals surface area contributed by atoms with Crippen molar-refractivity contribution in [3.8, 4) is 0 Å². The van der Waals surface area contributed by atoms with E-state index in [1.54, 1.807) is 0 Å². The topological polar surface area (TPSA) is 62.6 Å². The van der Waals surface area contributed by atoms with Crippen molar-refractivity contribution in [3.05, 3.63) is 0 Å². The number of hydrogen-bond acceptors (Lipinski definition) is 2. The molecule has 5 rings (SSSR count). The molecule has 2 atom stereocenters. The van der Waals surface area contributed by atoms with E-state index in [1.165, 1.54) is 37.0 Å². The summed E-state index contributed by atoms with van der Waals surface area (Å²) in [5.41, 5.74) is -0.0222. The van der Waals surface area contributed by atoms with E-state index in [-0.39, 0.29) is 17.5 Å². The Kier molecular flexibility index (Phi) is 4.31. The normalized spacial score (nSPS) is 43.5. The van der Waals surface area contributed by atoms with Crippen molar-refractivity contribution < 1.29 is 14.5 Å². The molecule has 24 heavy (non-hydrogen) atoms. The maximum atomic E-state index is 12.4. The molecule has 0 spiro atoms. The van der Waals surface area contributed by atoms with Crippen LogP contribution >= 0.6 is 0 Å². The highest BCUT2D eigenvalue weighted by atomic mass is 16.2. The second-order valence-electron chi connectivity index (χ2n) is 9.33. The zero-order chi connectivity index (χ0) is 16.7. The molecule has 134 valence electrons. The van der Waals surface area contributed by atoms with E-state index >= 15 is 0 Å². The van der Waals surface area contributed by atoms with Gasteiger partial charge >= 0.3 is 6.03 Å². The van der Waals surface area contributed by atoms with E-state index in [1.807, 2.05) is 0 Å². The van der Waals surface area contributed by atoms with Gasteiger partial charge in [-0.25, -0.2) is 4.79 Å². The van der Waals surface area contributed by atoms with Gasteiger partial charge in [0.25, 0.3) is 5.91 Å². The number of carbonyl (C=O) groups is 2. The average Bonchev–Trinajstić information content (AvgIpc) is 2.44. The van der Waals surface area contributed by atoms with Gasteiger partial charge in [0.2, 0.25) is 0 Å². The van der Waals surface area contributed by atoms with E-state index in [4.69, 9.17) is 0 Å². The molecule has 0 aromatic carbocycles. The van der Waals surface area contributed by atoms with Crippen LogP contribution in [0.2, 0.25) is 0 Å². The number of nitrogens with one attached hydrogen (secondary N) is 3. The Labute approximate surface area is 144 Å². The van der Waals surface area contributed by atoms with Crippen LogP contribution < -0.4 is 15.5 Å². The van der Waals surface area contributed by atoms with Gasteiger partial charge in [0, 0.05) is 11.5 Å².